The number of hydrogen-bond donors (Lipinski definition) is 1. The maximum atomic E-state index is 12.5. The van der Waals surface area contributed by atoms with Gasteiger partial charge < -0.3 is 5.11 Å². The summed E-state index contributed by atoms with van der Waals surface area (Å²) in [5.41, 5.74) is 2.07. The predicted octanol–water partition coefficient (Wildman–Crippen LogP) is 1.98. The van der Waals surface area contributed by atoms with Gasteiger partial charge in [0.15, 0.2) is 0 Å². The molecule has 13 heteroatoms. The molecule has 0 fully saturated rings. The van der Waals surface area contributed by atoms with Crippen LogP contribution in [0.15, 0.2) is 40.3 Å². The van der Waals surface area contributed by atoms with Crippen LogP contribution in [0.5, 0.6) is 0 Å². The van der Waals surface area contributed by atoms with Crippen molar-refractivity contribution >= 4 is 17.3 Å². The van der Waals surface area contributed by atoms with Crippen LogP contribution in [-0.2, 0) is 31.0 Å². The Labute approximate surface area is 178 Å². The van der Waals surface area contributed by atoms with Crippen molar-refractivity contribution in [3.05, 3.63) is 63.0 Å². The van der Waals surface area contributed by atoms with Gasteiger partial charge in [0.25, 0.3) is 5.56 Å². The number of aliphatic carboxylic acids is 1. The monoisotopic (exact) mass is 456 g/mol. The van der Waals surface area contributed by atoms with Crippen molar-refractivity contribution in [2.75, 3.05) is 6.54 Å². The number of carboxylic acid groups (broad SMARTS) is 1. The van der Waals surface area contributed by atoms with E-state index in [1.54, 1.807) is 33.0 Å². The van der Waals surface area contributed by atoms with E-state index in [1.807, 2.05) is 0 Å². The summed E-state index contributed by atoms with van der Waals surface area (Å²) >= 11 is 1.71. The number of halogens is 3. The van der Waals surface area contributed by atoms with Gasteiger partial charge >= 0.3 is 12.1 Å². The van der Waals surface area contributed by atoms with Crippen LogP contribution in [0.25, 0.3) is 0 Å². The zero-order valence-electron chi connectivity index (χ0n) is 16.2. The summed E-state index contributed by atoms with van der Waals surface area (Å²) in [4.78, 5) is 32.4. The summed E-state index contributed by atoms with van der Waals surface area (Å²) in [5, 5.41) is 15.5. The van der Waals surface area contributed by atoms with Crippen molar-refractivity contribution in [3.8, 4) is 0 Å². The number of fused-ring (bicyclic) bond motifs is 1. The van der Waals surface area contributed by atoms with E-state index in [4.69, 9.17) is 14.9 Å². The van der Waals surface area contributed by atoms with Gasteiger partial charge in [-0.1, -0.05) is 0 Å². The van der Waals surface area contributed by atoms with E-state index in [9.17, 15) is 18.0 Å². The molecular formula is C18H19F3N6O3S. The SMILES string of the molecule is O=C(O)C(F)(F)F.O=c1cc(Cn2cncn2)nc2n1CCCN(Cc1ccsc1)C2. The molecule has 0 atom stereocenters. The fourth-order valence-corrected chi connectivity index (χ4v) is 3.69. The van der Waals surface area contributed by atoms with Crippen LogP contribution in [-0.4, -0.2) is 53.0 Å². The van der Waals surface area contributed by atoms with Gasteiger partial charge in [-0.25, -0.2) is 19.4 Å². The zero-order valence-corrected chi connectivity index (χ0v) is 17.0. The van der Waals surface area contributed by atoms with Crippen molar-refractivity contribution in [1.29, 1.82) is 0 Å². The van der Waals surface area contributed by atoms with Crippen LogP contribution < -0.4 is 5.56 Å². The number of nitrogens with zero attached hydrogens (tertiary/aromatic N) is 6. The fraction of sp³-hybridized carbons (Fsp3) is 0.389. The lowest BCUT2D eigenvalue weighted by Crippen LogP contribution is -2.27. The normalized spacial score (nSPS) is 14.3. The molecule has 1 aliphatic rings. The molecule has 1 aliphatic heterocycles. The molecule has 0 spiro atoms. The van der Waals surface area contributed by atoms with Crippen molar-refractivity contribution in [2.45, 2.75) is 38.8 Å². The number of carboxylic acids is 1. The Morgan fingerprint density at radius 3 is 2.65 bits per heavy atom. The Bertz CT molecular complexity index is 1050. The van der Waals surface area contributed by atoms with Crippen LogP contribution in [0.4, 0.5) is 13.2 Å². The Balaban J connectivity index is 0.000000339. The number of aromatic nitrogens is 5. The first-order valence-corrected chi connectivity index (χ1v) is 10.1. The Kier molecular flexibility index (Phi) is 7.17. The van der Waals surface area contributed by atoms with E-state index >= 15 is 0 Å². The van der Waals surface area contributed by atoms with Gasteiger partial charge in [-0.3, -0.25) is 14.3 Å². The third kappa shape index (κ3) is 6.46. The lowest BCUT2D eigenvalue weighted by Gasteiger charge is -2.19. The van der Waals surface area contributed by atoms with Crippen LogP contribution in [0.1, 0.15) is 23.5 Å². The number of alkyl halides is 3. The summed E-state index contributed by atoms with van der Waals surface area (Å²) in [6.45, 7) is 3.75. The molecule has 0 saturated carbocycles. The lowest BCUT2D eigenvalue weighted by atomic mass is 10.3. The fourth-order valence-electron chi connectivity index (χ4n) is 3.03. The van der Waals surface area contributed by atoms with Gasteiger partial charge in [-0.15, -0.1) is 0 Å². The second-order valence-corrected chi connectivity index (χ2v) is 7.53. The minimum absolute atomic E-state index is 0.0208. The van der Waals surface area contributed by atoms with Gasteiger partial charge in [-0.05, 0) is 28.8 Å². The number of rotatable bonds is 4. The predicted molar refractivity (Wildman–Crippen MR) is 104 cm³/mol. The van der Waals surface area contributed by atoms with Crippen molar-refractivity contribution < 1.29 is 23.1 Å². The smallest absolute Gasteiger partial charge is 0.475 e. The minimum atomic E-state index is -5.08. The van der Waals surface area contributed by atoms with Crippen LogP contribution in [0.3, 0.4) is 0 Å². The first kappa shape index (κ1) is 22.6. The Morgan fingerprint density at radius 1 is 1.26 bits per heavy atom. The Morgan fingerprint density at radius 2 is 2.03 bits per heavy atom. The molecule has 0 unspecified atom stereocenters. The molecule has 0 saturated heterocycles. The van der Waals surface area contributed by atoms with Crippen LogP contribution in [0.2, 0.25) is 0 Å². The summed E-state index contributed by atoms with van der Waals surface area (Å²) in [6, 6.07) is 3.76. The van der Waals surface area contributed by atoms with Crippen molar-refractivity contribution in [1.82, 2.24) is 29.2 Å². The van der Waals surface area contributed by atoms with E-state index in [0.29, 0.717) is 13.1 Å². The van der Waals surface area contributed by atoms with E-state index in [-0.39, 0.29) is 5.56 Å². The molecule has 0 bridgehead atoms. The van der Waals surface area contributed by atoms with Gasteiger partial charge in [0.05, 0.1) is 18.8 Å². The molecule has 0 amide bonds. The molecule has 0 aromatic carbocycles. The number of hydrogen-bond acceptors (Lipinski definition) is 7. The molecular weight excluding hydrogens is 437 g/mol. The molecule has 3 aromatic heterocycles. The third-order valence-electron chi connectivity index (χ3n) is 4.38. The van der Waals surface area contributed by atoms with Crippen LogP contribution >= 0.6 is 11.3 Å². The maximum absolute atomic E-state index is 12.5. The molecule has 4 rings (SSSR count). The van der Waals surface area contributed by atoms with Gasteiger partial charge in [0.2, 0.25) is 0 Å². The van der Waals surface area contributed by atoms with Crippen molar-refractivity contribution in [2.24, 2.45) is 0 Å². The first-order chi connectivity index (χ1) is 14.7. The van der Waals surface area contributed by atoms with Gasteiger partial charge in [0.1, 0.15) is 18.5 Å². The van der Waals surface area contributed by atoms with E-state index < -0.39 is 12.1 Å². The highest BCUT2D eigenvalue weighted by atomic mass is 32.1. The minimum Gasteiger partial charge on any atom is -0.475 e. The molecule has 4 heterocycles. The van der Waals surface area contributed by atoms with Crippen molar-refractivity contribution in [3.63, 3.8) is 0 Å². The standard InChI is InChI=1S/C16H18N6OS.C2HF3O2/c23-16-6-14(8-21-12-17-11-18-21)19-15-9-20(3-1-4-22(15)16)7-13-2-5-24-10-13;3-2(4,5)1(6)7/h2,5-6,10-12H,1,3-4,7-9H2;(H,6,7). The highest BCUT2D eigenvalue weighted by Crippen LogP contribution is 2.15. The molecule has 31 heavy (non-hydrogen) atoms. The lowest BCUT2D eigenvalue weighted by molar-refractivity contribution is -0.192. The summed E-state index contributed by atoms with van der Waals surface area (Å²) in [6.07, 6.45) is -1.01. The van der Waals surface area contributed by atoms with Crippen LogP contribution in [0, 0.1) is 0 Å². The largest absolute Gasteiger partial charge is 0.490 e. The topological polar surface area (TPSA) is 106 Å². The molecule has 0 aliphatic carbocycles. The summed E-state index contributed by atoms with van der Waals surface area (Å²) < 4.78 is 35.2. The second kappa shape index (κ2) is 9.83. The Hall–Kier alpha value is -3.06. The average Bonchev–Trinajstić information content (AvgIpc) is 3.34. The summed E-state index contributed by atoms with van der Waals surface area (Å²) in [7, 11) is 0. The average molecular weight is 456 g/mol. The van der Waals surface area contributed by atoms with E-state index in [0.717, 1.165) is 37.6 Å². The van der Waals surface area contributed by atoms with Gasteiger partial charge in [-0.2, -0.15) is 29.6 Å². The molecule has 0 radical (unpaired) electrons. The maximum Gasteiger partial charge on any atom is 0.490 e. The molecule has 3 aromatic rings. The highest BCUT2D eigenvalue weighted by molar-refractivity contribution is 7.07. The third-order valence-corrected chi connectivity index (χ3v) is 5.11. The van der Waals surface area contributed by atoms with Gasteiger partial charge in [0, 0.05) is 25.7 Å². The van der Waals surface area contributed by atoms with E-state index in [1.165, 1.54) is 11.9 Å². The molecule has 1 N–H and O–H groups in total. The first-order valence-electron chi connectivity index (χ1n) is 9.18. The molecule has 9 nitrogen and oxygen atoms in total. The quantitative estimate of drug-likeness (QED) is 0.640. The van der Waals surface area contributed by atoms with E-state index in [2.05, 4.69) is 31.8 Å². The second-order valence-electron chi connectivity index (χ2n) is 6.75. The zero-order chi connectivity index (χ0) is 22.4. The number of thiophene rings is 1. The molecule has 166 valence electrons. The summed E-state index contributed by atoms with van der Waals surface area (Å²) in [5.74, 6) is -1.92. The highest BCUT2D eigenvalue weighted by Gasteiger charge is 2.38. The number of carbonyl (C=O) groups is 1.